The number of H-pyrrole nitrogens is 1. The van der Waals surface area contributed by atoms with Crippen LogP contribution in [0, 0.1) is 0 Å². The number of carbonyl (C=O) groups is 1. The average Bonchev–Trinajstić information content (AvgIpc) is 3.07. The molecule has 0 radical (unpaired) electrons. The topological polar surface area (TPSA) is 98.2 Å². The van der Waals surface area contributed by atoms with Crippen LogP contribution in [0.3, 0.4) is 0 Å². The maximum atomic E-state index is 12.6. The van der Waals surface area contributed by atoms with Gasteiger partial charge >= 0.3 is 0 Å². The summed E-state index contributed by atoms with van der Waals surface area (Å²) in [6.45, 7) is 0. The highest BCUT2D eigenvalue weighted by Gasteiger charge is 2.14. The summed E-state index contributed by atoms with van der Waals surface area (Å²) in [5.74, 6) is 0.0582. The summed E-state index contributed by atoms with van der Waals surface area (Å²) in [7, 11) is 0. The number of benzene rings is 2. The lowest BCUT2D eigenvalue weighted by molar-refractivity contribution is 0.102. The van der Waals surface area contributed by atoms with Crippen molar-refractivity contribution in [3.8, 4) is 22.6 Å². The summed E-state index contributed by atoms with van der Waals surface area (Å²) in [6.07, 6.45) is 3.33. The highest BCUT2D eigenvalue weighted by atomic mass is 16.3. The van der Waals surface area contributed by atoms with Crippen LogP contribution in [0.15, 0.2) is 67.0 Å². The van der Waals surface area contributed by atoms with Crippen molar-refractivity contribution in [2.45, 2.75) is 0 Å². The summed E-state index contributed by atoms with van der Waals surface area (Å²) in [5.41, 5.74) is 3.41. The molecule has 0 bridgehead atoms. The molecule has 2 aromatic carbocycles. The van der Waals surface area contributed by atoms with Crippen molar-refractivity contribution in [2.24, 2.45) is 0 Å². The predicted molar refractivity (Wildman–Crippen MR) is 99.3 cm³/mol. The molecule has 0 unspecified atom stereocenters. The van der Waals surface area contributed by atoms with E-state index >= 15 is 0 Å². The number of hydrogen-bond acceptors (Lipinski definition) is 4. The van der Waals surface area contributed by atoms with E-state index in [9.17, 15) is 15.0 Å². The van der Waals surface area contributed by atoms with Crippen molar-refractivity contribution < 1.29 is 15.0 Å². The molecular formula is C20H15N3O3. The van der Waals surface area contributed by atoms with Crippen LogP contribution in [0.4, 0.5) is 5.69 Å². The standard InChI is InChI=1S/C20H15N3O3/c24-15-5-1-12(2-6-15)13-9-17-18(11-22-19(17)21-10-13)20(26)23-14-3-7-16(25)8-4-14/h1-11,24-25H,(H,21,22)(H,23,26). The number of fused-ring (bicyclic) bond motifs is 1. The zero-order valence-electron chi connectivity index (χ0n) is 13.6. The molecule has 4 N–H and O–H groups in total. The molecule has 2 aromatic heterocycles. The molecule has 6 heteroatoms. The SMILES string of the molecule is O=C(Nc1ccc(O)cc1)c1c[nH]c2ncc(-c3ccc(O)cc3)cc12. The van der Waals surface area contributed by atoms with Gasteiger partial charge in [0.05, 0.1) is 5.56 Å². The number of pyridine rings is 1. The lowest BCUT2D eigenvalue weighted by Gasteiger charge is -2.05. The van der Waals surface area contributed by atoms with Crippen molar-refractivity contribution >= 4 is 22.6 Å². The molecule has 6 nitrogen and oxygen atoms in total. The first kappa shape index (κ1) is 15.7. The first-order valence-electron chi connectivity index (χ1n) is 7.97. The summed E-state index contributed by atoms with van der Waals surface area (Å²) in [5, 5.41) is 22.3. The van der Waals surface area contributed by atoms with E-state index in [-0.39, 0.29) is 17.4 Å². The Balaban J connectivity index is 1.68. The van der Waals surface area contributed by atoms with Gasteiger partial charge in [0.1, 0.15) is 17.1 Å². The van der Waals surface area contributed by atoms with Gasteiger partial charge in [-0.3, -0.25) is 4.79 Å². The molecule has 0 spiro atoms. The molecule has 0 aliphatic heterocycles. The normalized spacial score (nSPS) is 10.8. The summed E-state index contributed by atoms with van der Waals surface area (Å²) < 4.78 is 0. The van der Waals surface area contributed by atoms with Crippen LogP contribution < -0.4 is 5.32 Å². The van der Waals surface area contributed by atoms with E-state index in [0.717, 1.165) is 11.1 Å². The molecule has 0 atom stereocenters. The fourth-order valence-corrected chi connectivity index (χ4v) is 2.75. The fraction of sp³-hybridized carbons (Fsp3) is 0. The fourth-order valence-electron chi connectivity index (χ4n) is 2.75. The largest absolute Gasteiger partial charge is 0.508 e. The van der Waals surface area contributed by atoms with E-state index in [1.807, 2.05) is 6.07 Å². The van der Waals surface area contributed by atoms with E-state index < -0.39 is 0 Å². The second kappa shape index (κ2) is 6.25. The number of amides is 1. The Morgan fingerprint density at radius 2 is 1.58 bits per heavy atom. The maximum Gasteiger partial charge on any atom is 0.257 e. The molecule has 128 valence electrons. The number of carbonyl (C=O) groups excluding carboxylic acids is 1. The minimum absolute atomic E-state index is 0.137. The average molecular weight is 345 g/mol. The molecule has 0 aliphatic rings. The van der Waals surface area contributed by atoms with E-state index in [2.05, 4.69) is 15.3 Å². The third-order valence-electron chi connectivity index (χ3n) is 4.10. The Bertz CT molecular complexity index is 1080. The monoisotopic (exact) mass is 345 g/mol. The Kier molecular flexibility index (Phi) is 3.78. The highest BCUT2D eigenvalue weighted by molar-refractivity contribution is 6.12. The molecular weight excluding hydrogens is 330 g/mol. The van der Waals surface area contributed by atoms with Crippen LogP contribution in [0.5, 0.6) is 11.5 Å². The van der Waals surface area contributed by atoms with Gasteiger partial charge in [-0.15, -0.1) is 0 Å². The second-order valence-electron chi connectivity index (χ2n) is 5.87. The maximum absolute atomic E-state index is 12.6. The first-order chi connectivity index (χ1) is 12.6. The molecule has 4 aromatic rings. The van der Waals surface area contributed by atoms with E-state index in [4.69, 9.17) is 0 Å². The Morgan fingerprint density at radius 3 is 2.27 bits per heavy atom. The lowest BCUT2D eigenvalue weighted by Crippen LogP contribution is -2.11. The van der Waals surface area contributed by atoms with Crippen LogP contribution in [-0.2, 0) is 0 Å². The van der Waals surface area contributed by atoms with Gasteiger partial charge in [0.2, 0.25) is 0 Å². The molecule has 1 amide bonds. The molecule has 0 saturated heterocycles. The Labute approximate surface area is 148 Å². The van der Waals surface area contributed by atoms with Crippen molar-refractivity contribution in [3.63, 3.8) is 0 Å². The Morgan fingerprint density at radius 1 is 0.923 bits per heavy atom. The van der Waals surface area contributed by atoms with Gasteiger partial charge in [-0.1, -0.05) is 12.1 Å². The van der Waals surface area contributed by atoms with Gasteiger partial charge in [-0.25, -0.2) is 4.98 Å². The number of anilines is 1. The first-order valence-corrected chi connectivity index (χ1v) is 7.97. The third-order valence-corrected chi connectivity index (χ3v) is 4.10. The number of phenols is 2. The van der Waals surface area contributed by atoms with Crippen molar-refractivity contribution in [1.29, 1.82) is 0 Å². The molecule has 0 saturated carbocycles. The summed E-state index contributed by atoms with van der Waals surface area (Å²) >= 11 is 0. The number of nitrogens with one attached hydrogen (secondary N) is 2. The molecule has 26 heavy (non-hydrogen) atoms. The summed E-state index contributed by atoms with van der Waals surface area (Å²) in [6, 6.07) is 15.0. The number of phenolic OH excluding ortho intramolecular Hbond substituents is 2. The highest BCUT2D eigenvalue weighted by Crippen LogP contribution is 2.26. The number of nitrogens with zero attached hydrogens (tertiary/aromatic N) is 1. The number of rotatable bonds is 3. The van der Waals surface area contributed by atoms with Gasteiger partial charge < -0.3 is 20.5 Å². The quantitative estimate of drug-likeness (QED) is 0.423. The van der Waals surface area contributed by atoms with Gasteiger partial charge in [-0.05, 0) is 48.0 Å². The van der Waals surface area contributed by atoms with Crippen LogP contribution >= 0.6 is 0 Å². The number of aromatic nitrogens is 2. The van der Waals surface area contributed by atoms with Gasteiger partial charge in [0.25, 0.3) is 5.91 Å². The van der Waals surface area contributed by atoms with Crippen LogP contribution in [0.1, 0.15) is 10.4 Å². The lowest BCUT2D eigenvalue weighted by atomic mass is 10.1. The number of hydrogen-bond donors (Lipinski definition) is 4. The predicted octanol–water partition coefficient (Wildman–Crippen LogP) is 3.89. The summed E-state index contributed by atoms with van der Waals surface area (Å²) in [4.78, 5) is 20.0. The molecule has 2 heterocycles. The number of aromatic amines is 1. The minimum atomic E-state index is -0.272. The van der Waals surface area contributed by atoms with Crippen molar-refractivity contribution in [2.75, 3.05) is 5.32 Å². The van der Waals surface area contributed by atoms with Gasteiger partial charge in [-0.2, -0.15) is 0 Å². The van der Waals surface area contributed by atoms with E-state index in [0.29, 0.717) is 22.3 Å². The second-order valence-corrected chi connectivity index (χ2v) is 5.87. The van der Waals surface area contributed by atoms with E-state index in [1.54, 1.807) is 48.8 Å². The Hall–Kier alpha value is -3.80. The zero-order valence-corrected chi connectivity index (χ0v) is 13.6. The van der Waals surface area contributed by atoms with Crippen LogP contribution in [0.2, 0.25) is 0 Å². The molecule has 4 rings (SSSR count). The molecule has 0 aliphatic carbocycles. The van der Waals surface area contributed by atoms with E-state index in [1.165, 1.54) is 12.1 Å². The number of aromatic hydroxyl groups is 2. The third kappa shape index (κ3) is 2.95. The zero-order chi connectivity index (χ0) is 18.1. The van der Waals surface area contributed by atoms with Crippen LogP contribution in [-0.4, -0.2) is 26.1 Å². The van der Waals surface area contributed by atoms with Gasteiger partial charge in [0, 0.05) is 29.0 Å². The van der Waals surface area contributed by atoms with Crippen molar-refractivity contribution in [3.05, 3.63) is 72.6 Å². The van der Waals surface area contributed by atoms with Crippen LogP contribution in [0.25, 0.3) is 22.2 Å². The smallest absolute Gasteiger partial charge is 0.257 e. The van der Waals surface area contributed by atoms with Gasteiger partial charge in [0.15, 0.2) is 0 Å². The molecule has 0 fully saturated rings. The van der Waals surface area contributed by atoms with Crippen molar-refractivity contribution in [1.82, 2.24) is 9.97 Å². The minimum Gasteiger partial charge on any atom is -0.508 e.